The third-order valence-electron chi connectivity index (χ3n) is 5.37. The van der Waals surface area contributed by atoms with E-state index < -0.39 is 25.0 Å². The smallest absolute Gasteiger partial charge is 0.390 e. The Morgan fingerprint density at radius 1 is 1.18 bits per heavy atom. The lowest BCUT2D eigenvalue weighted by molar-refractivity contribution is -0.133. The second kappa shape index (κ2) is 13.9. The van der Waals surface area contributed by atoms with E-state index >= 15 is 0 Å². The first-order valence-electron chi connectivity index (χ1n) is 11.9. The molecular weight excluding hydrogens is 539 g/mol. The van der Waals surface area contributed by atoms with Crippen molar-refractivity contribution < 1.29 is 32.5 Å². The van der Waals surface area contributed by atoms with Crippen molar-refractivity contribution in [2.45, 2.75) is 19.1 Å². The molecule has 0 aliphatic carbocycles. The number of nitrogens with zero attached hydrogens (tertiary/aromatic N) is 2. The molecule has 0 fully saturated rings. The zero-order valence-corrected chi connectivity index (χ0v) is 21.9. The van der Waals surface area contributed by atoms with E-state index in [0.717, 1.165) is 5.69 Å². The Morgan fingerprint density at radius 3 is 2.67 bits per heavy atom. The van der Waals surface area contributed by atoms with Crippen LogP contribution in [-0.4, -0.2) is 61.0 Å². The van der Waals surface area contributed by atoms with Gasteiger partial charge in [0.2, 0.25) is 0 Å². The predicted molar refractivity (Wildman–Crippen MR) is 143 cm³/mol. The van der Waals surface area contributed by atoms with Gasteiger partial charge in [-0.1, -0.05) is 17.7 Å². The zero-order chi connectivity index (χ0) is 28.4. The summed E-state index contributed by atoms with van der Waals surface area (Å²) in [6.45, 7) is 0.539. The molecule has 0 aliphatic rings. The van der Waals surface area contributed by atoms with Crippen molar-refractivity contribution in [1.82, 2.24) is 9.88 Å². The lowest BCUT2D eigenvalue weighted by Crippen LogP contribution is -2.27. The van der Waals surface area contributed by atoms with E-state index in [0.29, 0.717) is 24.5 Å². The van der Waals surface area contributed by atoms with Crippen LogP contribution in [0.2, 0.25) is 5.02 Å². The van der Waals surface area contributed by atoms with Crippen LogP contribution in [0.5, 0.6) is 11.5 Å². The van der Waals surface area contributed by atoms with Gasteiger partial charge < -0.3 is 35.5 Å². The largest absolute Gasteiger partial charge is 0.456 e. The van der Waals surface area contributed by atoms with Crippen molar-refractivity contribution in [3.63, 3.8) is 0 Å². The molecule has 210 valence electrons. The molecule has 2 aromatic carbocycles. The zero-order valence-electron chi connectivity index (χ0n) is 21.1. The van der Waals surface area contributed by atoms with Gasteiger partial charge in [0.05, 0.1) is 42.6 Å². The third-order valence-corrected chi connectivity index (χ3v) is 5.67. The van der Waals surface area contributed by atoms with Gasteiger partial charge in [-0.3, -0.25) is 4.79 Å². The standard InChI is InChI=1S/C26H29ClF3N5O4/c1-32-21-7-10-35(11-13-38-14-12-36)23(21)24(31)34-18-5-6-22(20(27)16-18)39-19-4-2-3-17(15-19)25(37)33-9-8-26(28,29)30/h2-7,10,15-16,32,36H,8-9,11-14H2,1H3,(H2,31,34)(H,33,37). The highest BCUT2D eigenvalue weighted by Crippen LogP contribution is 2.33. The number of carbonyl (C=O) groups is 1. The van der Waals surface area contributed by atoms with Crippen molar-refractivity contribution in [3.8, 4) is 11.5 Å². The number of aliphatic imine (C=N–C) groups is 1. The first-order valence-corrected chi connectivity index (χ1v) is 12.3. The van der Waals surface area contributed by atoms with Gasteiger partial charge in [0.15, 0.2) is 0 Å². The number of halogens is 4. The second-order valence-electron chi connectivity index (χ2n) is 8.22. The number of hydrogen-bond acceptors (Lipinski definition) is 6. The molecule has 0 unspecified atom stereocenters. The minimum Gasteiger partial charge on any atom is -0.456 e. The van der Waals surface area contributed by atoms with Crippen LogP contribution in [0.25, 0.3) is 0 Å². The number of benzene rings is 2. The van der Waals surface area contributed by atoms with Crippen molar-refractivity contribution in [3.05, 3.63) is 71.0 Å². The van der Waals surface area contributed by atoms with E-state index in [1.54, 1.807) is 37.4 Å². The molecule has 0 saturated heterocycles. The Bertz CT molecular complexity index is 1300. The van der Waals surface area contributed by atoms with Crippen LogP contribution in [0.15, 0.2) is 59.7 Å². The number of amides is 1. The quantitative estimate of drug-likeness (QED) is 0.135. The summed E-state index contributed by atoms with van der Waals surface area (Å²) in [5, 5.41) is 14.4. The Kier molecular flexibility index (Phi) is 10.6. The van der Waals surface area contributed by atoms with E-state index in [9.17, 15) is 18.0 Å². The van der Waals surface area contributed by atoms with Crippen LogP contribution >= 0.6 is 11.6 Å². The highest BCUT2D eigenvalue weighted by molar-refractivity contribution is 6.32. The van der Waals surface area contributed by atoms with Crippen molar-refractivity contribution in [1.29, 1.82) is 0 Å². The second-order valence-corrected chi connectivity index (χ2v) is 8.63. The minimum atomic E-state index is -4.36. The molecule has 1 aromatic heterocycles. The Labute approximate surface area is 228 Å². The van der Waals surface area contributed by atoms with E-state index in [4.69, 9.17) is 31.9 Å². The Balaban J connectivity index is 1.71. The number of ether oxygens (including phenoxy) is 2. The maximum absolute atomic E-state index is 12.3. The first kappa shape index (κ1) is 29.8. The maximum Gasteiger partial charge on any atom is 0.390 e. The molecule has 5 N–H and O–H groups in total. The van der Waals surface area contributed by atoms with Crippen LogP contribution in [0.1, 0.15) is 22.5 Å². The summed E-state index contributed by atoms with van der Waals surface area (Å²) < 4.78 is 50.0. The van der Waals surface area contributed by atoms with E-state index in [1.165, 1.54) is 12.1 Å². The van der Waals surface area contributed by atoms with E-state index in [-0.39, 0.29) is 41.1 Å². The number of nitrogens with one attached hydrogen (secondary N) is 2. The fourth-order valence-electron chi connectivity index (χ4n) is 3.56. The van der Waals surface area contributed by atoms with E-state index in [2.05, 4.69) is 15.6 Å². The van der Waals surface area contributed by atoms with E-state index in [1.807, 2.05) is 16.8 Å². The highest BCUT2D eigenvalue weighted by atomic mass is 35.5. The number of alkyl halides is 3. The topological polar surface area (TPSA) is 123 Å². The van der Waals surface area contributed by atoms with Crippen LogP contribution in [0, 0.1) is 0 Å². The highest BCUT2D eigenvalue weighted by Gasteiger charge is 2.26. The van der Waals surface area contributed by atoms with Crippen molar-refractivity contribution in [2.24, 2.45) is 10.7 Å². The third kappa shape index (κ3) is 8.91. The normalized spacial score (nSPS) is 11.9. The summed E-state index contributed by atoms with van der Waals surface area (Å²) >= 11 is 6.41. The number of hydrogen-bond donors (Lipinski definition) is 4. The fraction of sp³-hybridized carbons (Fsp3) is 0.308. The number of aliphatic hydroxyl groups excluding tert-OH is 1. The summed E-state index contributed by atoms with van der Waals surface area (Å²) in [7, 11) is 1.77. The van der Waals surface area contributed by atoms with Gasteiger partial charge in [-0.25, -0.2) is 4.99 Å². The van der Waals surface area contributed by atoms with Gasteiger partial charge in [0, 0.05) is 31.9 Å². The van der Waals surface area contributed by atoms with Gasteiger partial charge in [-0.2, -0.15) is 13.2 Å². The number of aliphatic hydroxyl groups is 1. The number of nitrogens with two attached hydrogens (primary N) is 1. The monoisotopic (exact) mass is 567 g/mol. The number of aromatic nitrogens is 1. The molecule has 39 heavy (non-hydrogen) atoms. The fourth-order valence-corrected chi connectivity index (χ4v) is 3.77. The van der Waals surface area contributed by atoms with Crippen LogP contribution < -0.4 is 21.1 Å². The Hall–Kier alpha value is -3.74. The minimum absolute atomic E-state index is 0.0590. The molecule has 0 bridgehead atoms. The van der Waals surface area contributed by atoms with Gasteiger partial charge >= 0.3 is 6.18 Å². The molecule has 1 amide bonds. The van der Waals surface area contributed by atoms with Gasteiger partial charge in [-0.15, -0.1) is 0 Å². The number of amidine groups is 1. The number of anilines is 1. The molecule has 3 aromatic rings. The van der Waals surface area contributed by atoms with Gasteiger partial charge in [0.25, 0.3) is 5.91 Å². The molecular formula is C26H29ClF3N5O4. The van der Waals surface area contributed by atoms with Crippen molar-refractivity contribution >= 4 is 34.7 Å². The van der Waals surface area contributed by atoms with Gasteiger partial charge in [-0.05, 0) is 42.5 Å². The lowest BCUT2D eigenvalue weighted by Gasteiger charge is -2.12. The molecule has 0 radical (unpaired) electrons. The summed E-state index contributed by atoms with van der Waals surface area (Å²) in [6, 6.07) is 12.7. The first-order chi connectivity index (χ1) is 18.6. The summed E-state index contributed by atoms with van der Waals surface area (Å²) in [5.41, 5.74) is 8.37. The predicted octanol–water partition coefficient (Wildman–Crippen LogP) is 4.70. The molecule has 9 nitrogen and oxygen atoms in total. The summed E-state index contributed by atoms with van der Waals surface area (Å²) in [6.07, 6.45) is -3.63. The van der Waals surface area contributed by atoms with Crippen LogP contribution in [0.4, 0.5) is 24.5 Å². The average molecular weight is 568 g/mol. The number of rotatable bonds is 13. The molecule has 13 heteroatoms. The maximum atomic E-state index is 12.3. The summed E-state index contributed by atoms with van der Waals surface area (Å²) in [4.78, 5) is 16.7. The molecule has 0 aliphatic heterocycles. The lowest BCUT2D eigenvalue weighted by atomic mass is 10.2. The molecule has 0 atom stereocenters. The van der Waals surface area contributed by atoms with Crippen molar-refractivity contribution in [2.75, 3.05) is 38.7 Å². The van der Waals surface area contributed by atoms with Crippen LogP contribution in [0.3, 0.4) is 0 Å². The molecule has 0 saturated carbocycles. The molecule has 3 rings (SSSR count). The summed E-state index contributed by atoms with van der Waals surface area (Å²) in [5.74, 6) is 0.141. The SMILES string of the molecule is CNc1ccn(CCOCCO)c1C(N)=Nc1ccc(Oc2cccc(C(=O)NCCC(F)(F)F)c2)c(Cl)c1. The van der Waals surface area contributed by atoms with Gasteiger partial charge in [0.1, 0.15) is 23.0 Å². The average Bonchev–Trinajstić information content (AvgIpc) is 3.31. The van der Waals surface area contributed by atoms with Crippen LogP contribution in [-0.2, 0) is 11.3 Å². The molecule has 0 spiro atoms. The number of carbonyl (C=O) groups excluding carboxylic acids is 1. The molecule has 1 heterocycles. The Morgan fingerprint density at radius 2 is 1.97 bits per heavy atom.